The van der Waals surface area contributed by atoms with Gasteiger partial charge in [-0.3, -0.25) is 4.79 Å². The molecule has 4 heteroatoms. The average molecular weight is 339 g/mol. The van der Waals surface area contributed by atoms with E-state index < -0.39 is 0 Å². The fourth-order valence-corrected chi connectivity index (χ4v) is 2.57. The van der Waals surface area contributed by atoms with E-state index in [4.69, 9.17) is 4.74 Å². The largest absolute Gasteiger partial charge is 0.507 e. The van der Waals surface area contributed by atoms with Crippen LogP contribution < -0.4 is 10.1 Å². The first kappa shape index (κ1) is 18.6. The normalized spacial score (nSPS) is 11.1. The molecule has 2 rings (SSSR count). The van der Waals surface area contributed by atoms with Crippen LogP contribution in [0, 0.1) is 13.8 Å². The van der Waals surface area contributed by atoms with Crippen LogP contribution in [0.2, 0.25) is 0 Å². The second-order valence-corrected chi connectivity index (χ2v) is 6.28. The van der Waals surface area contributed by atoms with Gasteiger partial charge in [0.2, 0.25) is 0 Å². The first-order chi connectivity index (χ1) is 11.8. The topological polar surface area (TPSA) is 58.6 Å². The van der Waals surface area contributed by atoms with E-state index in [0.717, 1.165) is 16.8 Å². The van der Waals surface area contributed by atoms with Crippen molar-refractivity contribution in [2.45, 2.75) is 33.8 Å². The van der Waals surface area contributed by atoms with Gasteiger partial charge in [0.1, 0.15) is 11.5 Å². The molecule has 2 N–H and O–H groups in total. The molecular weight excluding hydrogens is 314 g/mol. The molecule has 0 aliphatic rings. The first-order valence-electron chi connectivity index (χ1n) is 8.33. The number of hydrogen-bond donors (Lipinski definition) is 2. The lowest BCUT2D eigenvalue weighted by Gasteiger charge is -2.17. The Morgan fingerprint density at radius 3 is 2.40 bits per heavy atom. The molecule has 0 aromatic heterocycles. The third-order valence-corrected chi connectivity index (χ3v) is 3.93. The second kappa shape index (κ2) is 7.88. The quantitative estimate of drug-likeness (QED) is 0.590. The molecule has 0 saturated carbocycles. The number of anilines is 1. The van der Waals surface area contributed by atoms with Gasteiger partial charge < -0.3 is 15.2 Å². The molecule has 4 nitrogen and oxygen atoms in total. The molecule has 0 radical (unpaired) electrons. The van der Waals surface area contributed by atoms with Gasteiger partial charge in [-0.1, -0.05) is 0 Å². The Morgan fingerprint density at radius 1 is 1.20 bits per heavy atom. The van der Waals surface area contributed by atoms with Gasteiger partial charge in [0.15, 0.2) is 5.78 Å². The van der Waals surface area contributed by atoms with Crippen molar-refractivity contribution < 1.29 is 14.6 Å². The molecule has 0 unspecified atom stereocenters. The zero-order chi connectivity index (χ0) is 18.6. The predicted octanol–water partition coefficient (Wildman–Crippen LogP) is 4.73. The predicted molar refractivity (Wildman–Crippen MR) is 103 cm³/mol. The van der Waals surface area contributed by atoms with Crippen LogP contribution >= 0.6 is 0 Å². The lowest BCUT2D eigenvalue weighted by Crippen LogP contribution is -2.08. The molecule has 2 aromatic rings. The number of phenolic OH excluding ortho intramolecular Hbond substituents is 1. The fourth-order valence-electron chi connectivity index (χ4n) is 2.57. The van der Waals surface area contributed by atoms with Gasteiger partial charge >= 0.3 is 0 Å². The molecule has 0 heterocycles. The van der Waals surface area contributed by atoms with E-state index in [1.54, 1.807) is 18.2 Å². The standard InChI is InChI=1S/C21H25NO3/c1-13(2)25-21-15(4)20(24)14(3)12-17(21)8-11-19(23)16-6-9-18(22-5)10-7-16/h6-13,22,24H,1-5H3/b11-8+. The minimum absolute atomic E-state index is 0.0299. The maximum atomic E-state index is 12.4. The Labute approximate surface area is 149 Å². The monoisotopic (exact) mass is 339 g/mol. The molecule has 0 aliphatic heterocycles. The Hall–Kier alpha value is -2.75. The summed E-state index contributed by atoms with van der Waals surface area (Å²) in [4.78, 5) is 12.4. The second-order valence-electron chi connectivity index (χ2n) is 6.28. The summed E-state index contributed by atoms with van der Waals surface area (Å²) in [5.74, 6) is 0.746. The summed E-state index contributed by atoms with van der Waals surface area (Å²) in [5, 5.41) is 13.2. The Bertz CT molecular complexity index is 790. The number of hydrogen-bond acceptors (Lipinski definition) is 4. The van der Waals surface area contributed by atoms with Crippen LogP contribution in [0.25, 0.3) is 6.08 Å². The van der Waals surface area contributed by atoms with E-state index in [9.17, 15) is 9.90 Å². The van der Waals surface area contributed by atoms with Crippen molar-refractivity contribution in [3.63, 3.8) is 0 Å². The van der Waals surface area contributed by atoms with Gasteiger partial charge in [0, 0.05) is 29.4 Å². The molecule has 0 amide bonds. The van der Waals surface area contributed by atoms with Crippen LogP contribution in [0.3, 0.4) is 0 Å². The fraction of sp³-hybridized carbons (Fsp3) is 0.286. The Kier molecular flexibility index (Phi) is 5.86. The van der Waals surface area contributed by atoms with E-state index in [-0.39, 0.29) is 17.6 Å². The van der Waals surface area contributed by atoms with Gasteiger partial charge in [-0.25, -0.2) is 0 Å². The van der Waals surface area contributed by atoms with Crippen LogP contribution in [-0.2, 0) is 0 Å². The number of rotatable bonds is 6. The van der Waals surface area contributed by atoms with Crippen molar-refractivity contribution >= 4 is 17.5 Å². The molecule has 0 bridgehead atoms. The lowest BCUT2D eigenvalue weighted by molar-refractivity contribution is 0.104. The summed E-state index contributed by atoms with van der Waals surface area (Å²) in [6, 6.07) is 9.13. The zero-order valence-electron chi connectivity index (χ0n) is 15.4. The number of carbonyl (C=O) groups is 1. The molecule has 132 valence electrons. The summed E-state index contributed by atoms with van der Waals surface area (Å²) in [7, 11) is 1.84. The number of nitrogens with one attached hydrogen (secondary N) is 1. The molecule has 0 aliphatic carbocycles. The third-order valence-electron chi connectivity index (χ3n) is 3.93. The average Bonchev–Trinajstić information content (AvgIpc) is 2.60. The molecule has 0 spiro atoms. The number of ketones is 1. The number of carbonyl (C=O) groups excluding carboxylic acids is 1. The van der Waals surface area contributed by atoms with Crippen LogP contribution in [0.15, 0.2) is 36.4 Å². The Morgan fingerprint density at radius 2 is 1.84 bits per heavy atom. The highest BCUT2D eigenvalue weighted by atomic mass is 16.5. The third kappa shape index (κ3) is 4.41. The number of ether oxygens (including phenoxy) is 1. The lowest BCUT2D eigenvalue weighted by atomic mass is 10.0. The maximum absolute atomic E-state index is 12.4. The van der Waals surface area contributed by atoms with Gasteiger partial charge in [0.05, 0.1) is 6.10 Å². The van der Waals surface area contributed by atoms with Gasteiger partial charge in [-0.2, -0.15) is 0 Å². The van der Waals surface area contributed by atoms with E-state index >= 15 is 0 Å². The molecule has 0 fully saturated rings. The smallest absolute Gasteiger partial charge is 0.185 e. The molecule has 2 aromatic carbocycles. The van der Waals surface area contributed by atoms with Crippen LogP contribution in [0.4, 0.5) is 5.69 Å². The molecule has 25 heavy (non-hydrogen) atoms. The number of phenols is 1. The molecular formula is C21H25NO3. The van der Waals surface area contributed by atoms with Gasteiger partial charge in [-0.05, 0) is 75.7 Å². The minimum atomic E-state index is -0.0819. The number of benzene rings is 2. The first-order valence-corrected chi connectivity index (χ1v) is 8.33. The van der Waals surface area contributed by atoms with E-state index in [1.807, 2.05) is 52.9 Å². The summed E-state index contributed by atoms with van der Waals surface area (Å²) < 4.78 is 5.85. The zero-order valence-corrected chi connectivity index (χ0v) is 15.4. The number of aryl methyl sites for hydroxylation is 1. The van der Waals surface area contributed by atoms with Crippen molar-refractivity contribution in [1.82, 2.24) is 0 Å². The van der Waals surface area contributed by atoms with Gasteiger partial charge in [0.25, 0.3) is 0 Å². The highest BCUT2D eigenvalue weighted by Gasteiger charge is 2.14. The molecule has 0 atom stereocenters. The number of aromatic hydroxyl groups is 1. The highest BCUT2D eigenvalue weighted by molar-refractivity contribution is 6.07. The van der Waals surface area contributed by atoms with Crippen LogP contribution in [0.1, 0.15) is 40.9 Å². The van der Waals surface area contributed by atoms with Gasteiger partial charge in [-0.15, -0.1) is 0 Å². The van der Waals surface area contributed by atoms with E-state index in [2.05, 4.69) is 5.32 Å². The molecule has 0 saturated heterocycles. The van der Waals surface area contributed by atoms with Crippen molar-refractivity contribution in [1.29, 1.82) is 0 Å². The van der Waals surface area contributed by atoms with Crippen molar-refractivity contribution in [3.05, 3.63) is 58.7 Å². The highest BCUT2D eigenvalue weighted by Crippen LogP contribution is 2.35. The SMILES string of the molecule is CNc1ccc(C(=O)/C=C/c2cc(C)c(O)c(C)c2OC(C)C)cc1. The van der Waals surface area contributed by atoms with E-state index in [0.29, 0.717) is 16.9 Å². The maximum Gasteiger partial charge on any atom is 0.185 e. The van der Waals surface area contributed by atoms with Crippen molar-refractivity contribution in [2.75, 3.05) is 12.4 Å². The minimum Gasteiger partial charge on any atom is -0.507 e. The van der Waals surface area contributed by atoms with E-state index in [1.165, 1.54) is 6.08 Å². The Balaban J connectivity index is 2.34. The van der Waals surface area contributed by atoms with Crippen LogP contribution in [0.5, 0.6) is 11.5 Å². The van der Waals surface area contributed by atoms with Crippen molar-refractivity contribution in [3.8, 4) is 11.5 Å². The number of allylic oxidation sites excluding steroid dienone is 1. The summed E-state index contributed by atoms with van der Waals surface area (Å²) in [6.07, 6.45) is 3.25. The summed E-state index contributed by atoms with van der Waals surface area (Å²) in [6.45, 7) is 7.50. The van der Waals surface area contributed by atoms with Crippen molar-refractivity contribution in [2.24, 2.45) is 0 Å². The van der Waals surface area contributed by atoms with Crippen LogP contribution in [-0.4, -0.2) is 24.0 Å². The summed E-state index contributed by atoms with van der Waals surface area (Å²) in [5.41, 5.74) is 3.78. The summed E-state index contributed by atoms with van der Waals surface area (Å²) >= 11 is 0.